The highest BCUT2D eigenvalue weighted by Gasteiger charge is 2.14. The van der Waals surface area contributed by atoms with Crippen molar-refractivity contribution in [1.29, 1.82) is 0 Å². The summed E-state index contributed by atoms with van der Waals surface area (Å²) < 4.78 is 6.87. The summed E-state index contributed by atoms with van der Waals surface area (Å²) in [7, 11) is 1.50. The lowest BCUT2D eigenvalue weighted by Gasteiger charge is -2.09. The lowest BCUT2D eigenvalue weighted by atomic mass is 10.2. The Morgan fingerprint density at radius 3 is 2.81 bits per heavy atom. The van der Waals surface area contributed by atoms with E-state index in [-0.39, 0.29) is 12.5 Å². The molecule has 2 aromatic rings. The van der Waals surface area contributed by atoms with Gasteiger partial charge >= 0.3 is 0 Å². The summed E-state index contributed by atoms with van der Waals surface area (Å²) in [6.07, 6.45) is 1.73. The van der Waals surface area contributed by atoms with E-state index in [2.05, 4.69) is 10.4 Å². The van der Waals surface area contributed by atoms with Crippen LogP contribution in [-0.2, 0) is 13.1 Å². The number of rotatable bonds is 5. The molecule has 0 radical (unpaired) electrons. The van der Waals surface area contributed by atoms with Gasteiger partial charge in [0.15, 0.2) is 0 Å². The fraction of sp³-hybridized carbons (Fsp3) is 0.286. The summed E-state index contributed by atoms with van der Waals surface area (Å²) in [6, 6.07) is 4.87. The van der Waals surface area contributed by atoms with Gasteiger partial charge in [-0.2, -0.15) is 5.10 Å². The van der Waals surface area contributed by atoms with E-state index in [1.54, 1.807) is 29.1 Å². The molecule has 5 nitrogen and oxygen atoms in total. The largest absolute Gasteiger partial charge is 0.496 e. The standard InChI is InChI=1S/C14H15Cl2N3O2/c1-3-19-8-11(16)12(18-19)7-17-14(20)10-6-9(15)4-5-13(10)21-2/h4-6,8H,3,7H2,1-2H3,(H,17,20). The van der Waals surface area contributed by atoms with Crippen molar-refractivity contribution in [3.8, 4) is 5.75 Å². The molecule has 2 rings (SSSR count). The van der Waals surface area contributed by atoms with Crippen molar-refractivity contribution >= 4 is 29.1 Å². The second-order valence-electron chi connectivity index (χ2n) is 4.31. The minimum Gasteiger partial charge on any atom is -0.496 e. The average Bonchev–Trinajstić information content (AvgIpc) is 2.85. The van der Waals surface area contributed by atoms with Crippen LogP contribution in [0.3, 0.4) is 0 Å². The van der Waals surface area contributed by atoms with Crippen molar-refractivity contribution in [3.05, 3.63) is 45.7 Å². The Labute approximate surface area is 132 Å². The van der Waals surface area contributed by atoms with Gasteiger partial charge in [0, 0.05) is 17.8 Å². The zero-order chi connectivity index (χ0) is 15.4. The van der Waals surface area contributed by atoms with Gasteiger partial charge < -0.3 is 10.1 Å². The van der Waals surface area contributed by atoms with Crippen LogP contribution in [0.5, 0.6) is 5.75 Å². The van der Waals surface area contributed by atoms with Crippen LogP contribution in [0, 0.1) is 0 Å². The van der Waals surface area contributed by atoms with E-state index in [9.17, 15) is 4.79 Å². The maximum Gasteiger partial charge on any atom is 0.255 e. The number of hydrogen-bond donors (Lipinski definition) is 1. The molecule has 0 spiro atoms. The number of carbonyl (C=O) groups excluding carboxylic acids is 1. The first-order valence-corrected chi connectivity index (χ1v) is 7.14. The number of benzene rings is 1. The van der Waals surface area contributed by atoms with Crippen molar-refractivity contribution < 1.29 is 9.53 Å². The second-order valence-corrected chi connectivity index (χ2v) is 5.15. The van der Waals surface area contributed by atoms with Gasteiger partial charge in [-0.3, -0.25) is 9.48 Å². The average molecular weight is 328 g/mol. The molecule has 0 aliphatic heterocycles. The van der Waals surface area contributed by atoms with Crippen LogP contribution in [0.15, 0.2) is 24.4 Å². The molecule has 0 atom stereocenters. The number of amides is 1. The molecule has 0 aliphatic rings. The number of nitrogens with zero attached hydrogens (tertiary/aromatic N) is 2. The molecule has 0 saturated heterocycles. The topological polar surface area (TPSA) is 56.2 Å². The monoisotopic (exact) mass is 327 g/mol. The molecule has 1 heterocycles. The summed E-state index contributed by atoms with van der Waals surface area (Å²) in [5, 5.41) is 8.01. The first-order valence-electron chi connectivity index (χ1n) is 6.38. The van der Waals surface area contributed by atoms with Gasteiger partial charge in [0.05, 0.1) is 24.2 Å². The predicted octanol–water partition coefficient (Wildman–Crippen LogP) is 3.15. The lowest BCUT2D eigenvalue weighted by Crippen LogP contribution is -2.23. The van der Waals surface area contributed by atoms with Crippen LogP contribution >= 0.6 is 23.2 Å². The molecular weight excluding hydrogens is 313 g/mol. The second kappa shape index (κ2) is 6.83. The molecular formula is C14H15Cl2N3O2. The summed E-state index contributed by atoms with van der Waals surface area (Å²) >= 11 is 12.0. The Morgan fingerprint density at radius 2 is 2.19 bits per heavy atom. The third-order valence-corrected chi connectivity index (χ3v) is 3.48. The maximum atomic E-state index is 12.2. The number of carbonyl (C=O) groups is 1. The SMILES string of the molecule is CCn1cc(Cl)c(CNC(=O)c2cc(Cl)ccc2OC)n1. The van der Waals surface area contributed by atoms with Crippen LogP contribution in [0.25, 0.3) is 0 Å². The van der Waals surface area contributed by atoms with Crippen LogP contribution < -0.4 is 10.1 Å². The van der Waals surface area contributed by atoms with Crippen LogP contribution in [0.4, 0.5) is 0 Å². The molecule has 1 N–H and O–H groups in total. The van der Waals surface area contributed by atoms with E-state index in [1.807, 2.05) is 6.92 Å². The molecule has 1 aromatic heterocycles. The number of nitrogens with one attached hydrogen (secondary N) is 1. The number of ether oxygens (including phenoxy) is 1. The van der Waals surface area contributed by atoms with Gasteiger partial charge in [-0.15, -0.1) is 0 Å². The van der Waals surface area contributed by atoms with Crippen molar-refractivity contribution in [2.24, 2.45) is 0 Å². The van der Waals surface area contributed by atoms with E-state index < -0.39 is 0 Å². The Kier molecular flexibility index (Phi) is 5.09. The highest BCUT2D eigenvalue weighted by atomic mass is 35.5. The van der Waals surface area contributed by atoms with E-state index in [0.29, 0.717) is 27.1 Å². The fourth-order valence-electron chi connectivity index (χ4n) is 1.84. The minimum atomic E-state index is -0.295. The molecule has 112 valence electrons. The van der Waals surface area contributed by atoms with Gasteiger partial charge in [-0.1, -0.05) is 23.2 Å². The van der Waals surface area contributed by atoms with Crippen LogP contribution in [-0.4, -0.2) is 22.8 Å². The number of aromatic nitrogens is 2. The Bertz CT molecular complexity index is 656. The van der Waals surface area contributed by atoms with Gasteiger partial charge in [-0.25, -0.2) is 0 Å². The lowest BCUT2D eigenvalue weighted by molar-refractivity contribution is 0.0947. The molecule has 0 bridgehead atoms. The van der Waals surface area contributed by atoms with Crippen molar-refractivity contribution in [1.82, 2.24) is 15.1 Å². The molecule has 1 amide bonds. The smallest absolute Gasteiger partial charge is 0.255 e. The van der Waals surface area contributed by atoms with E-state index in [4.69, 9.17) is 27.9 Å². The summed E-state index contributed by atoms with van der Waals surface area (Å²) in [6.45, 7) is 2.92. The van der Waals surface area contributed by atoms with Gasteiger partial charge in [0.1, 0.15) is 11.4 Å². The molecule has 1 aromatic carbocycles. The highest BCUT2D eigenvalue weighted by molar-refractivity contribution is 6.31. The summed E-state index contributed by atoms with van der Waals surface area (Å²) in [4.78, 5) is 12.2. The Morgan fingerprint density at radius 1 is 1.43 bits per heavy atom. The van der Waals surface area contributed by atoms with Gasteiger partial charge in [-0.05, 0) is 25.1 Å². The molecule has 0 saturated carbocycles. The first-order chi connectivity index (χ1) is 10.0. The number of halogens is 2. The van der Waals surface area contributed by atoms with Crippen molar-refractivity contribution in [3.63, 3.8) is 0 Å². The molecule has 0 fully saturated rings. The Hall–Kier alpha value is -1.72. The third kappa shape index (κ3) is 3.68. The summed E-state index contributed by atoms with van der Waals surface area (Å²) in [5.41, 5.74) is 0.990. The zero-order valence-corrected chi connectivity index (χ0v) is 13.2. The molecule has 0 aliphatic carbocycles. The van der Waals surface area contributed by atoms with Gasteiger partial charge in [0.25, 0.3) is 5.91 Å². The predicted molar refractivity (Wildman–Crippen MR) is 82.1 cm³/mol. The highest BCUT2D eigenvalue weighted by Crippen LogP contribution is 2.22. The zero-order valence-electron chi connectivity index (χ0n) is 11.7. The van der Waals surface area contributed by atoms with Gasteiger partial charge in [0.2, 0.25) is 0 Å². The first kappa shape index (κ1) is 15.7. The fourth-order valence-corrected chi connectivity index (χ4v) is 2.23. The van der Waals surface area contributed by atoms with Crippen LogP contribution in [0.1, 0.15) is 23.0 Å². The van der Waals surface area contributed by atoms with E-state index in [1.165, 1.54) is 7.11 Å². The van der Waals surface area contributed by atoms with Crippen molar-refractivity contribution in [2.75, 3.05) is 7.11 Å². The molecule has 21 heavy (non-hydrogen) atoms. The van der Waals surface area contributed by atoms with E-state index in [0.717, 1.165) is 6.54 Å². The number of hydrogen-bond acceptors (Lipinski definition) is 3. The van der Waals surface area contributed by atoms with Crippen LogP contribution in [0.2, 0.25) is 10.0 Å². The Balaban J connectivity index is 2.11. The quantitative estimate of drug-likeness (QED) is 0.917. The third-order valence-electron chi connectivity index (χ3n) is 2.93. The van der Waals surface area contributed by atoms with E-state index >= 15 is 0 Å². The maximum absolute atomic E-state index is 12.2. The number of methoxy groups -OCH3 is 1. The normalized spacial score (nSPS) is 10.5. The molecule has 7 heteroatoms. The summed E-state index contributed by atoms with van der Waals surface area (Å²) in [5.74, 6) is 0.165. The number of aryl methyl sites for hydroxylation is 1. The minimum absolute atomic E-state index is 0.236. The van der Waals surface area contributed by atoms with Crippen molar-refractivity contribution in [2.45, 2.75) is 20.0 Å². The molecule has 0 unspecified atom stereocenters.